The maximum Gasteiger partial charge on any atom is 0.243 e. The van der Waals surface area contributed by atoms with E-state index in [9.17, 15) is 0 Å². The summed E-state index contributed by atoms with van der Waals surface area (Å²) in [5.41, 5.74) is 2.43. The summed E-state index contributed by atoms with van der Waals surface area (Å²) in [5, 5.41) is 3.21. The van der Waals surface area contributed by atoms with Crippen molar-refractivity contribution in [3.05, 3.63) is 0 Å². The van der Waals surface area contributed by atoms with E-state index in [0.717, 1.165) is 0 Å². The van der Waals surface area contributed by atoms with Crippen LogP contribution in [0.3, 0.4) is 0 Å². The van der Waals surface area contributed by atoms with Gasteiger partial charge in [-0.2, -0.15) is 15.0 Å². The first-order valence-electron chi connectivity index (χ1n) is 6.07. The van der Waals surface area contributed by atoms with Gasteiger partial charge in [0.2, 0.25) is 17.8 Å². The summed E-state index contributed by atoms with van der Waals surface area (Å²) < 4.78 is 0. The molecule has 0 saturated heterocycles. The molecule has 108 valence electrons. The van der Waals surface area contributed by atoms with E-state index in [1.165, 1.54) is 0 Å². The zero-order valence-corrected chi connectivity index (χ0v) is 12.5. The SMILES string of the molecule is CN(C)c1nc(NN)nc(NCC(C)(C)N(C)C)n1. The van der Waals surface area contributed by atoms with Gasteiger partial charge in [0.25, 0.3) is 0 Å². The highest BCUT2D eigenvalue weighted by molar-refractivity contribution is 5.42. The Morgan fingerprint density at radius 1 is 1.05 bits per heavy atom. The molecule has 1 rings (SSSR count). The number of likely N-dealkylation sites (N-methyl/N-ethyl adjacent to an activating group) is 1. The van der Waals surface area contributed by atoms with Crippen molar-refractivity contribution >= 4 is 17.8 Å². The van der Waals surface area contributed by atoms with E-state index in [4.69, 9.17) is 5.84 Å². The third-order valence-corrected chi connectivity index (χ3v) is 3.04. The average molecular weight is 268 g/mol. The van der Waals surface area contributed by atoms with E-state index in [0.29, 0.717) is 24.4 Å². The number of nitrogens with zero attached hydrogens (tertiary/aromatic N) is 5. The summed E-state index contributed by atoms with van der Waals surface area (Å²) in [6.07, 6.45) is 0. The first-order chi connectivity index (χ1) is 8.76. The molecular weight excluding hydrogens is 244 g/mol. The molecule has 4 N–H and O–H groups in total. The van der Waals surface area contributed by atoms with Gasteiger partial charge in [0, 0.05) is 26.2 Å². The van der Waals surface area contributed by atoms with Crippen molar-refractivity contribution in [2.75, 3.05) is 50.4 Å². The molecule has 1 aromatic heterocycles. The topological polar surface area (TPSA) is 95.2 Å². The van der Waals surface area contributed by atoms with Crippen LogP contribution in [0.15, 0.2) is 0 Å². The Bertz CT molecular complexity index is 415. The third kappa shape index (κ3) is 4.18. The minimum atomic E-state index is -0.0127. The monoisotopic (exact) mass is 268 g/mol. The van der Waals surface area contributed by atoms with Crippen molar-refractivity contribution in [3.63, 3.8) is 0 Å². The van der Waals surface area contributed by atoms with Crippen molar-refractivity contribution in [1.29, 1.82) is 0 Å². The van der Waals surface area contributed by atoms with Crippen molar-refractivity contribution in [2.45, 2.75) is 19.4 Å². The van der Waals surface area contributed by atoms with Crippen LogP contribution in [0, 0.1) is 0 Å². The summed E-state index contributed by atoms with van der Waals surface area (Å²) in [4.78, 5) is 16.6. The molecule has 0 bridgehead atoms. The van der Waals surface area contributed by atoms with Crippen LogP contribution < -0.4 is 21.5 Å². The quantitative estimate of drug-likeness (QED) is 0.489. The second-order valence-corrected chi connectivity index (χ2v) is 5.38. The van der Waals surface area contributed by atoms with Crippen LogP contribution in [0.5, 0.6) is 0 Å². The lowest BCUT2D eigenvalue weighted by Gasteiger charge is -2.32. The second-order valence-electron chi connectivity index (χ2n) is 5.38. The summed E-state index contributed by atoms with van der Waals surface area (Å²) in [6, 6.07) is 0. The van der Waals surface area contributed by atoms with Gasteiger partial charge in [0.1, 0.15) is 0 Å². The Balaban J connectivity index is 2.86. The molecule has 0 amide bonds. The Kier molecular flexibility index (Phi) is 4.84. The predicted molar refractivity (Wildman–Crippen MR) is 78.2 cm³/mol. The van der Waals surface area contributed by atoms with Crippen molar-refractivity contribution in [1.82, 2.24) is 19.9 Å². The number of anilines is 3. The van der Waals surface area contributed by atoms with Crippen LogP contribution >= 0.6 is 0 Å². The molecule has 0 saturated carbocycles. The Morgan fingerprint density at radius 3 is 2.11 bits per heavy atom. The van der Waals surface area contributed by atoms with Gasteiger partial charge in [-0.05, 0) is 27.9 Å². The first-order valence-corrected chi connectivity index (χ1v) is 6.07. The van der Waals surface area contributed by atoms with E-state index in [1.54, 1.807) is 4.90 Å². The molecule has 0 radical (unpaired) electrons. The van der Waals surface area contributed by atoms with Crippen LogP contribution in [0.4, 0.5) is 17.8 Å². The molecular formula is C11H24N8. The Hall–Kier alpha value is -1.67. The number of nitrogens with two attached hydrogens (primary N) is 1. The fraction of sp³-hybridized carbons (Fsp3) is 0.727. The summed E-state index contributed by atoms with van der Waals surface area (Å²) in [7, 11) is 7.80. The maximum absolute atomic E-state index is 5.36. The van der Waals surface area contributed by atoms with Gasteiger partial charge in [-0.3, -0.25) is 5.43 Å². The highest BCUT2D eigenvalue weighted by Crippen LogP contribution is 2.14. The van der Waals surface area contributed by atoms with Crippen LogP contribution in [0.2, 0.25) is 0 Å². The number of rotatable bonds is 6. The molecule has 0 aliphatic rings. The molecule has 8 heteroatoms. The Morgan fingerprint density at radius 2 is 1.63 bits per heavy atom. The normalized spacial score (nSPS) is 11.6. The summed E-state index contributed by atoms with van der Waals surface area (Å²) in [6.45, 7) is 4.98. The molecule has 1 aromatic rings. The first kappa shape index (κ1) is 15.4. The lowest BCUT2D eigenvalue weighted by atomic mass is 10.1. The molecule has 0 spiro atoms. The van der Waals surface area contributed by atoms with Crippen LogP contribution in [-0.4, -0.2) is 60.1 Å². The van der Waals surface area contributed by atoms with E-state index >= 15 is 0 Å². The lowest BCUT2D eigenvalue weighted by molar-refractivity contribution is 0.209. The van der Waals surface area contributed by atoms with Gasteiger partial charge in [0.15, 0.2) is 0 Å². The minimum absolute atomic E-state index is 0.0127. The average Bonchev–Trinajstić information content (AvgIpc) is 2.35. The standard InChI is InChI=1S/C11H24N8/c1-11(2,19(5)6)7-13-8-14-9(17-12)16-10(15-8)18(3)4/h7,12H2,1-6H3,(H2,13,14,15,16,17). The van der Waals surface area contributed by atoms with Gasteiger partial charge in [-0.15, -0.1) is 0 Å². The maximum atomic E-state index is 5.36. The van der Waals surface area contributed by atoms with Crippen molar-refractivity contribution in [2.24, 2.45) is 5.84 Å². The molecule has 0 aliphatic carbocycles. The highest BCUT2D eigenvalue weighted by atomic mass is 15.4. The van der Waals surface area contributed by atoms with Gasteiger partial charge in [0.05, 0.1) is 0 Å². The predicted octanol–water partition coefficient (Wildman–Crippen LogP) is -0.0247. The lowest BCUT2D eigenvalue weighted by Crippen LogP contribution is -2.44. The van der Waals surface area contributed by atoms with Crippen LogP contribution in [0.1, 0.15) is 13.8 Å². The number of hydrogen-bond acceptors (Lipinski definition) is 8. The van der Waals surface area contributed by atoms with E-state index in [2.05, 4.69) is 44.4 Å². The molecule has 0 aromatic carbocycles. The minimum Gasteiger partial charge on any atom is -0.352 e. The van der Waals surface area contributed by atoms with E-state index in [-0.39, 0.29) is 5.54 Å². The largest absolute Gasteiger partial charge is 0.352 e. The van der Waals surface area contributed by atoms with Gasteiger partial charge < -0.3 is 15.1 Å². The number of nitrogens with one attached hydrogen (secondary N) is 2. The third-order valence-electron chi connectivity index (χ3n) is 3.04. The van der Waals surface area contributed by atoms with Crippen molar-refractivity contribution < 1.29 is 0 Å². The van der Waals surface area contributed by atoms with E-state index in [1.807, 2.05) is 28.2 Å². The molecule has 8 nitrogen and oxygen atoms in total. The highest BCUT2D eigenvalue weighted by Gasteiger charge is 2.20. The second kappa shape index (κ2) is 5.98. The number of hydrazine groups is 1. The molecule has 0 unspecified atom stereocenters. The van der Waals surface area contributed by atoms with Gasteiger partial charge >= 0.3 is 0 Å². The Labute approximate surface area is 114 Å². The summed E-state index contributed by atoms with van der Waals surface area (Å²) in [5.74, 6) is 6.75. The smallest absolute Gasteiger partial charge is 0.243 e. The zero-order valence-electron chi connectivity index (χ0n) is 12.5. The van der Waals surface area contributed by atoms with Gasteiger partial charge in [-0.25, -0.2) is 5.84 Å². The fourth-order valence-corrected chi connectivity index (χ4v) is 1.16. The molecule has 0 fully saturated rings. The molecule has 1 heterocycles. The number of hydrogen-bond donors (Lipinski definition) is 3. The number of nitrogen functional groups attached to an aromatic ring is 1. The van der Waals surface area contributed by atoms with Crippen LogP contribution in [-0.2, 0) is 0 Å². The fourth-order valence-electron chi connectivity index (χ4n) is 1.16. The van der Waals surface area contributed by atoms with E-state index < -0.39 is 0 Å². The number of aromatic nitrogens is 3. The van der Waals surface area contributed by atoms with Gasteiger partial charge in [-0.1, -0.05) is 0 Å². The molecule has 0 aliphatic heterocycles. The molecule has 19 heavy (non-hydrogen) atoms. The van der Waals surface area contributed by atoms with Crippen molar-refractivity contribution in [3.8, 4) is 0 Å². The van der Waals surface area contributed by atoms with Crippen LogP contribution in [0.25, 0.3) is 0 Å². The zero-order chi connectivity index (χ0) is 14.6. The molecule has 0 atom stereocenters. The summed E-state index contributed by atoms with van der Waals surface area (Å²) >= 11 is 0.